The zero-order valence-corrected chi connectivity index (χ0v) is 36.0. The van der Waals surface area contributed by atoms with Gasteiger partial charge in [-0.2, -0.15) is 0 Å². The summed E-state index contributed by atoms with van der Waals surface area (Å²) in [7, 11) is -13.0. The van der Waals surface area contributed by atoms with Crippen molar-refractivity contribution in [3.8, 4) is 0 Å². The average molecular weight is 736 g/mol. The number of rotatable bonds is 36. The Morgan fingerprint density at radius 3 is 0.596 bits per heavy atom. The Labute approximate surface area is 316 Å². The van der Waals surface area contributed by atoms with Gasteiger partial charge in [-0.1, -0.05) is 194 Å². The van der Waals surface area contributed by atoms with Crippen molar-refractivity contribution in [3.63, 3.8) is 0 Å². The monoisotopic (exact) mass is 735 g/mol. The zero-order valence-electron chi connectivity index (χ0n) is 31.6. The molecule has 10 heteroatoms. The van der Waals surface area contributed by atoms with E-state index in [1.54, 1.807) is 0 Å². The van der Waals surface area contributed by atoms with Gasteiger partial charge in [-0.05, 0) is 19.3 Å². The molecule has 0 spiro atoms. The van der Waals surface area contributed by atoms with E-state index in [9.17, 15) is 25.3 Å². The first-order chi connectivity index (χ1) is 22.0. The van der Waals surface area contributed by atoms with Crippen LogP contribution in [-0.2, 0) is 29.5 Å². The van der Waals surface area contributed by atoms with E-state index < -0.39 is 33.4 Å². The Morgan fingerprint density at radius 1 is 0.277 bits per heavy atom. The predicted octanol–water partition coefficient (Wildman–Crippen LogP) is 10.9. The third kappa shape index (κ3) is 28.2. The van der Waals surface area contributed by atoms with E-state index in [4.69, 9.17) is 0 Å². The normalized spacial score (nSPS) is 12.5. The molecule has 0 rings (SSSR count). The van der Waals surface area contributed by atoms with E-state index in [0.29, 0.717) is 38.5 Å². The van der Waals surface area contributed by atoms with Crippen molar-refractivity contribution >= 4 is 59.1 Å². The maximum atomic E-state index is 13.5. The molecule has 0 aliphatic heterocycles. The van der Waals surface area contributed by atoms with Gasteiger partial charge in [0, 0.05) is 29.6 Å². The molecule has 279 valence electrons. The van der Waals surface area contributed by atoms with E-state index in [0.717, 1.165) is 57.8 Å². The minimum atomic E-state index is -4.35. The predicted molar refractivity (Wildman–Crippen MR) is 206 cm³/mol. The number of hydrogen-bond donors (Lipinski definition) is 0. The Balaban J connectivity index is 0. The topological polar surface area (TPSA) is 102 Å². The number of unbranched alkanes of at least 4 members (excludes halogenated alkanes) is 27. The fraction of sp³-hybridized carbons (Fsp3) is 1.00. The molecule has 0 unspecified atom stereocenters. The van der Waals surface area contributed by atoms with Gasteiger partial charge in [0.25, 0.3) is 3.91 Å². The van der Waals surface area contributed by atoms with Crippen LogP contribution >= 0.6 is 0 Å². The van der Waals surface area contributed by atoms with Crippen molar-refractivity contribution in [3.05, 3.63) is 0 Å². The van der Waals surface area contributed by atoms with Gasteiger partial charge >= 0.3 is 0 Å². The molecule has 0 saturated heterocycles. The largest absolute Gasteiger partial charge is 0.262 e. The Bertz CT molecular complexity index is 869. The van der Waals surface area contributed by atoms with Crippen LogP contribution in [0.5, 0.6) is 0 Å². The van der Waals surface area contributed by atoms with Crippen LogP contribution in [0.25, 0.3) is 0 Å². The van der Waals surface area contributed by atoms with Crippen molar-refractivity contribution in [2.75, 3.05) is 17.3 Å². The third-order valence-corrected chi connectivity index (χ3v) is 18.8. The van der Waals surface area contributed by atoms with Crippen LogP contribution in [0.3, 0.4) is 0 Å². The fourth-order valence-corrected chi connectivity index (χ4v) is 15.8. The molecule has 0 bridgehead atoms. The first kappa shape index (κ1) is 50.0. The maximum Gasteiger partial charge on any atom is 0.262 e. The molecular formula is C37H76NaO6S3. The second kappa shape index (κ2) is 32.7. The van der Waals surface area contributed by atoms with Crippen LogP contribution in [0.4, 0.5) is 0 Å². The van der Waals surface area contributed by atoms with Gasteiger partial charge in [0.2, 0.25) is 0 Å². The number of hydrogen-bond acceptors (Lipinski definition) is 6. The molecule has 0 aromatic rings. The van der Waals surface area contributed by atoms with E-state index >= 15 is 0 Å². The molecule has 47 heavy (non-hydrogen) atoms. The average Bonchev–Trinajstić information content (AvgIpc) is 2.99. The molecule has 0 aromatic heterocycles. The molecular weight excluding hydrogens is 660 g/mol. The quantitative estimate of drug-likeness (QED) is 0.0469. The summed E-state index contributed by atoms with van der Waals surface area (Å²) in [4.78, 5) is 0. The van der Waals surface area contributed by atoms with Crippen LogP contribution < -0.4 is 0 Å². The first-order valence-electron chi connectivity index (χ1n) is 19.7. The van der Waals surface area contributed by atoms with E-state index in [2.05, 4.69) is 20.8 Å². The SMILES string of the molecule is CCCCCCCCCCCCS(=O)(=O)C(S(=O)(=O)CCCCCCCCCCCC)S(=O)(=O)CCCCCCCCCCCC.[Na]. The van der Waals surface area contributed by atoms with Gasteiger partial charge in [-0.15, -0.1) is 0 Å². The van der Waals surface area contributed by atoms with E-state index in [-0.39, 0.29) is 46.8 Å². The Morgan fingerprint density at radius 2 is 0.426 bits per heavy atom. The van der Waals surface area contributed by atoms with Crippen LogP contribution in [0.2, 0.25) is 0 Å². The van der Waals surface area contributed by atoms with E-state index in [1.807, 2.05) is 0 Å². The maximum absolute atomic E-state index is 13.5. The van der Waals surface area contributed by atoms with Crippen molar-refractivity contribution in [2.45, 2.75) is 217 Å². The van der Waals surface area contributed by atoms with Gasteiger partial charge < -0.3 is 0 Å². The summed E-state index contributed by atoms with van der Waals surface area (Å²) in [5.41, 5.74) is 0. The minimum absolute atomic E-state index is 0. The van der Waals surface area contributed by atoms with Crippen molar-refractivity contribution < 1.29 is 25.3 Å². The second-order valence-electron chi connectivity index (χ2n) is 13.9. The summed E-state index contributed by atoms with van der Waals surface area (Å²) < 4.78 is 78.5. The number of sulfone groups is 3. The summed E-state index contributed by atoms with van der Waals surface area (Å²) in [6.07, 6.45) is 30.7. The van der Waals surface area contributed by atoms with Crippen molar-refractivity contribution in [1.82, 2.24) is 0 Å². The van der Waals surface area contributed by atoms with Gasteiger partial charge in [0.15, 0.2) is 29.5 Å². The molecule has 0 N–H and O–H groups in total. The molecule has 0 aliphatic rings. The Kier molecular flexibility index (Phi) is 34.8. The van der Waals surface area contributed by atoms with Crippen molar-refractivity contribution in [1.29, 1.82) is 0 Å². The first-order valence-corrected chi connectivity index (χ1v) is 24.8. The standard InChI is InChI=1S/C37H76O6S3.Na/c1-4-7-10-13-16-19-22-25-28-31-34-44(38,39)37(45(40,41)35-32-29-26-23-20-17-14-11-8-5-2)46(42,43)36-33-30-27-24-21-18-15-12-9-6-3;/h37H,4-36H2,1-3H3;. The summed E-state index contributed by atoms with van der Waals surface area (Å²) in [6, 6.07) is 0. The van der Waals surface area contributed by atoms with Gasteiger partial charge in [-0.3, -0.25) is 0 Å². The second-order valence-corrected chi connectivity index (χ2v) is 21.4. The summed E-state index contributed by atoms with van der Waals surface area (Å²) in [5.74, 6) is -1.12. The molecule has 0 aromatic carbocycles. The fourth-order valence-electron chi connectivity index (χ4n) is 6.33. The molecule has 1 radical (unpaired) electrons. The molecule has 0 atom stereocenters. The molecule has 0 amide bonds. The van der Waals surface area contributed by atoms with Crippen molar-refractivity contribution in [2.24, 2.45) is 0 Å². The summed E-state index contributed by atoms with van der Waals surface area (Å²) in [6.45, 7) is 6.60. The minimum Gasteiger partial charge on any atom is -0.226 e. The molecule has 0 fully saturated rings. The Hall–Kier alpha value is 0.850. The van der Waals surface area contributed by atoms with E-state index in [1.165, 1.54) is 96.3 Å². The molecule has 0 heterocycles. The smallest absolute Gasteiger partial charge is 0.226 e. The molecule has 0 aliphatic carbocycles. The van der Waals surface area contributed by atoms with Crippen LogP contribution in [0.15, 0.2) is 0 Å². The molecule has 0 saturated carbocycles. The van der Waals surface area contributed by atoms with Gasteiger partial charge in [0.05, 0.1) is 17.3 Å². The van der Waals surface area contributed by atoms with Crippen LogP contribution in [0, 0.1) is 0 Å². The van der Waals surface area contributed by atoms with Crippen LogP contribution in [-0.4, -0.2) is 76.0 Å². The summed E-state index contributed by atoms with van der Waals surface area (Å²) >= 11 is 0. The van der Waals surface area contributed by atoms with Gasteiger partial charge in [0.1, 0.15) is 0 Å². The molecule has 6 nitrogen and oxygen atoms in total. The van der Waals surface area contributed by atoms with Crippen LogP contribution in [0.1, 0.15) is 213 Å². The summed E-state index contributed by atoms with van der Waals surface area (Å²) in [5, 5.41) is 0. The van der Waals surface area contributed by atoms with Gasteiger partial charge in [-0.25, -0.2) is 25.3 Å². The third-order valence-electron chi connectivity index (χ3n) is 9.23. The zero-order chi connectivity index (χ0) is 34.4.